The molecule has 0 spiro atoms. The van der Waals surface area contributed by atoms with Gasteiger partial charge in [0.1, 0.15) is 0 Å². The van der Waals surface area contributed by atoms with E-state index in [0.717, 1.165) is 16.8 Å². The summed E-state index contributed by atoms with van der Waals surface area (Å²) < 4.78 is 0. The molecule has 2 aromatic rings. The molecule has 1 fully saturated rings. The number of benzene rings is 2. The van der Waals surface area contributed by atoms with E-state index in [1.807, 2.05) is 32.0 Å². The molecule has 0 radical (unpaired) electrons. The van der Waals surface area contributed by atoms with Gasteiger partial charge in [-0.25, -0.2) is 0 Å². The first kappa shape index (κ1) is 16.1. The Labute approximate surface area is 141 Å². The van der Waals surface area contributed by atoms with Gasteiger partial charge in [0.15, 0.2) is 0 Å². The smallest absolute Gasteiger partial charge is 0.229 e. The molecule has 0 saturated carbocycles. The van der Waals surface area contributed by atoms with Crippen molar-refractivity contribution in [2.45, 2.75) is 20.3 Å². The molecule has 1 atom stereocenters. The van der Waals surface area contributed by atoms with Crippen molar-refractivity contribution in [1.29, 1.82) is 0 Å². The van der Waals surface area contributed by atoms with Gasteiger partial charge in [-0.3, -0.25) is 9.59 Å². The maximum Gasteiger partial charge on any atom is 0.229 e. The number of rotatable bonds is 3. The van der Waals surface area contributed by atoms with Gasteiger partial charge < -0.3 is 16.0 Å². The van der Waals surface area contributed by atoms with E-state index in [1.54, 1.807) is 29.2 Å². The molecule has 5 nitrogen and oxygen atoms in total. The van der Waals surface area contributed by atoms with Gasteiger partial charge in [0, 0.05) is 30.0 Å². The lowest BCUT2D eigenvalue weighted by molar-refractivity contribution is -0.122. The number of nitrogens with two attached hydrogens (primary N) is 1. The zero-order valence-electron chi connectivity index (χ0n) is 13.9. The van der Waals surface area contributed by atoms with Gasteiger partial charge in [0.05, 0.1) is 5.92 Å². The molecule has 3 rings (SSSR count). The highest BCUT2D eigenvalue weighted by molar-refractivity contribution is 6.03. The van der Waals surface area contributed by atoms with Gasteiger partial charge in [-0.15, -0.1) is 0 Å². The van der Waals surface area contributed by atoms with Crippen molar-refractivity contribution >= 4 is 28.9 Å². The minimum atomic E-state index is -0.352. The predicted octanol–water partition coefficient (Wildman–Crippen LogP) is 2.88. The first-order chi connectivity index (χ1) is 11.4. The van der Waals surface area contributed by atoms with E-state index in [-0.39, 0.29) is 24.2 Å². The molecule has 1 unspecified atom stereocenters. The maximum absolute atomic E-state index is 12.5. The number of anilines is 3. The number of aryl methyl sites for hydroxylation is 2. The van der Waals surface area contributed by atoms with Crippen LogP contribution in [0.5, 0.6) is 0 Å². The van der Waals surface area contributed by atoms with Crippen LogP contribution in [0.2, 0.25) is 0 Å². The van der Waals surface area contributed by atoms with E-state index in [2.05, 4.69) is 5.32 Å². The Morgan fingerprint density at radius 3 is 2.58 bits per heavy atom. The van der Waals surface area contributed by atoms with Gasteiger partial charge in [0.2, 0.25) is 11.8 Å². The van der Waals surface area contributed by atoms with Crippen LogP contribution < -0.4 is 16.0 Å². The van der Waals surface area contributed by atoms with Crippen LogP contribution >= 0.6 is 0 Å². The van der Waals surface area contributed by atoms with Crippen LogP contribution in [0, 0.1) is 19.8 Å². The fourth-order valence-corrected chi connectivity index (χ4v) is 2.94. The second kappa shape index (κ2) is 6.35. The summed E-state index contributed by atoms with van der Waals surface area (Å²) in [4.78, 5) is 26.6. The Balaban J connectivity index is 1.73. The first-order valence-electron chi connectivity index (χ1n) is 7.98. The van der Waals surface area contributed by atoms with Gasteiger partial charge in [-0.05, 0) is 55.3 Å². The highest BCUT2D eigenvalue weighted by Crippen LogP contribution is 2.29. The van der Waals surface area contributed by atoms with E-state index in [9.17, 15) is 9.59 Å². The van der Waals surface area contributed by atoms with Crippen molar-refractivity contribution in [3.63, 3.8) is 0 Å². The van der Waals surface area contributed by atoms with Gasteiger partial charge in [-0.1, -0.05) is 12.1 Å². The number of hydrogen-bond acceptors (Lipinski definition) is 3. The molecule has 124 valence electrons. The average molecular weight is 323 g/mol. The van der Waals surface area contributed by atoms with Crippen LogP contribution in [0.15, 0.2) is 42.5 Å². The fourth-order valence-electron chi connectivity index (χ4n) is 2.94. The molecule has 2 amide bonds. The van der Waals surface area contributed by atoms with E-state index in [0.29, 0.717) is 17.9 Å². The van der Waals surface area contributed by atoms with E-state index in [4.69, 9.17) is 5.73 Å². The molecular weight excluding hydrogens is 302 g/mol. The maximum atomic E-state index is 12.5. The summed E-state index contributed by atoms with van der Waals surface area (Å²) >= 11 is 0. The Hall–Kier alpha value is -2.82. The average Bonchev–Trinajstić information content (AvgIpc) is 2.94. The molecule has 3 N–H and O–H groups in total. The van der Waals surface area contributed by atoms with Crippen LogP contribution in [0.3, 0.4) is 0 Å². The monoisotopic (exact) mass is 323 g/mol. The Morgan fingerprint density at radius 2 is 1.88 bits per heavy atom. The van der Waals surface area contributed by atoms with Gasteiger partial charge in [0.25, 0.3) is 0 Å². The largest absolute Gasteiger partial charge is 0.399 e. The molecular formula is C19H21N3O2. The van der Waals surface area contributed by atoms with Gasteiger partial charge >= 0.3 is 0 Å². The standard InChI is InChI=1S/C19H21N3O2/c1-12-3-4-13(2)17(9-12)22-11-14(10-18(22)23)19(24)21-16-7-5-15(20)6-8-16/h3-9,14H,10-11,20H2,1-2H3,(H,21,24). The second-order valence-electron chi connectivity index (χ2n) is 6.31. The zero-order valence-corrected chi connectivity index (χ0v) is 13.9. The van der Waals surface area contributed by atoms with Crippen molar-refractivity contribution in [1.82, 2.24) is 0 Å². The number of amides is 2. The zero-order chi connectivity index (χ0) is 17.3. The van der Waals surface area contributed by atoms with E-state index in [1.165, 1.54) is 0 Å². The molecule has 1 heterocycles. The Morgan fingerprint density at radius 1 is 1.17 bits per heavy atom. The third-order valence-corrected chi connectivity index (χ3v) is 4.33. The third-order valence-electron chi connectivity index (χ3n) is 4.33. The number of nitrogens with zero attached hydrogens (tertiary/aromatic N) is 1. The number of nitrogen functional groups attached to an aromatic ring is 1. The first-order valence-corrected chi connectivity index (χ1v) is 7.98. The van der Waals surface area contributed by atoms with Crippen LogP contribution in [-0.4, -0.2) is 18.4 Å². The van der Waals surface area contributed by atoms with E-state index < -0.39 is 0 Å². The summed E-state index contributed by atoms with van der Waals surface area (Å²) in [5, 5.41) is 2.86. The minimum absolute atomic E-state index is 0.0128. The summed E-state index contributed by atoms with van der Waals surface area (Å²) in [5.41, 5.74) is 10.00. The summed E-state index contributed by atoms with van der Waals surface area (Å²) in [7, 11) is 0. The quantitative estimate of drug-likeness (QED) is 0.853. The highest BCUT2D eigenvalue weighted by Gasteiger charge is 2.35. The van der Waals surface area contributed by atoms with Crippen LogP contribution in [0.4, 0.5) is 17.1 Å². The lowest BCUT2D eigenvalue weighted by Crippen LogP contribution is -2.28. The molecule has 2 aromatic carbocycles. The molecule has 24 heavy (non-hydrogen) atoms. The van der Waals surface area contributed by atoms with E-state index >= 15 is 0 Å². The van der Waals surface area contributed by atoms with Crippen LogP contribution in [0.25, 0.3) is 0 Å². The summed E-state index contributed by atoms with van der Waals surface area (Å²) in [5.74, 6) is -0.503. The summed E-state index contributed by atoms with van der Waals surface area (Å²) in [6, 6.07) is 13.0. The fraction of sp³-hybridized carbons (Fsp3) is 0.263. The van der Waals surface area contributed by atoms with Crippen molar-refractivity contribution in [2.24, 2.45) is 5.92 Å². The molecule has 0 aliphatic carbocycles. The van der Waals surface area contributed by atoms with Crippen molar-refractivity contribution < 1.29 is 9.59 Å². The van der Waals surface area contributed by atoms with Crippen molar-refractivity contribution in [3.05, 3.63) is 53.6 Å². The van der Waals surface area contributed by atoms with Crippen LogP contribution in [-0.2, 0) is 9.59 Å². The number of carbonyl (C=O) groups is 2. The topological polar surface area (TPSA) is 75.4 Å². The molecule has 5 heteroatoms. The van der Waals surface area contributed by atoms with Crippen molar-refractivity contribution in [3.8, 4) is 0 Å². The lowest BCUT2D eigenvalue weighted by atomic mass is 10.1. The number of nitrogens with one attached hydrogen (secondary N) is 1. The molecule has 0 aromatic heterocycles. The Bertz CT molecular complexity index is 784. The minimum Gasteiger partial charge on any atom is -0.399 e. The molecule has 1 aliphatic rings. The Kier molecular flexibility index (Phi) is 4.25. The van der Waals surface area contributed by atoms with Crippen LogP contribution in [0.1, 0.15) is 17.5 Å². The second-order valence-corrected chi connectivity index (χ2v) is 6.31. The predicted molar refractivity (Wildman–Crippen MR) is 95.9 cm³/mol. The third kappa shape index (κ3) is 3.25. The number of carbonyl (C=O) groups excluding carboxylic acids is 2. The normalized spacial score (nSPS) is 17.2. The van der Waals surface area contributed by atoms with Crippen molar-refractivity contribution in [2.75, 3.05) is 22.5 Å². The molecule has 1 aliphatic heterocycles. The summed E-state index contributed by atoms with van der Waals surface area (Å²) in [6.07, 6.45) is 0.230. The summed E-state index contributed by atoms with van der Waals surface area (Å²) in [6.45, 7) is 4.38. The molecule has 0 bridgehead atoms. The SMILES string of the molecule is Cc1ccc(C)c(N2CC(C(=O)Nc3ccc(N)cc3)CC2=O)c1. The van der Waals surface area contributed by atoms with Gasteiger partial charge in [-0.2, -0.15) is 0 Å². The molecule has 1 saturated heterocycles. The lowest BCUT2D eigenvalue weighted by Gasteiger charge is -2.19. The number of hydrogen-bond donors (Lipinski definition) is 2. The highest BCUT2D eigenvalue weighted by atomic mass is 16.2.